The third-order valence-electron chi connectivity index (χ3n) is 5.28. The number of benzene rings is 2. The Kier molecular flexibility index (Phi) is 6.36. The second kappa shape index (κ2) is 9.05. The molecule has 32 heavy (non-hydrogen) atoms. The first-order valence-electron chi connectivity index (χ1n) is 9.95. The lowest BCUT2D eigenvalue weighted by Crippen LogP contribution is -2.40. The average molecular weight is 477 g/mol. The number of carbonyl (C=O) groups is 1. The first-order chi connectivity index (χ1) is 15.3. The van der Waals surface area contributed by atoms with E-state index in [0.29, 0.717) is 35.8 Å². The molecule has 2 heterocycles. The quantitative estimate of drug-likeness (QED) is 0.507. The molecule has 0 saturated carbocycles. The number of thioether (sulfide) groups is 1. The van der Waals surface area contributed by atoms with Gasteiger partial charge >= 0.3 is 5.97 Å². The predicted molar refractivity (Wildman–Crippen MR) is 117 cm³/mol. The number of aryl methyl sites for hydroxylation is 1. The Morgan fingerprint density at radius 3 is 2.56 bits per heavy atom. The van der Waals surface area contributed by atoms with Gasteiger partial charge in [0.05, 0.1) is 10.6 Å². The lowest BCUT2D eigenvalue weighted by molar-refractivity contribution is -0.140. The molecular weight excluding hydrogens is 455 g/mol. The molecular formula is C22H21FN2O5S2. The maximum Gasteiger partial charge on any atom is 0.322 e. The fourth-order valence-electron chi connectivity index (χ4n) is 3.55. The maximum atomic E-state index is 13.1. The number of rotatable bonds is 7. The Morgan fingerprint density at radius 1 is 1.22 bits per heavy atom. The van der Waals surface area contributed by atoms with E-state index in [1.165, 1.54) is 36.0 Å². The Bertz CT molecular complexity index is 1220. The number of nitrogens with zero attached hydrogens (tertiary/aromatic N) is 2. The monoisotopic (exact) mass is 476 g/mol. The number of aliphatic carboxylic acids is 1. The van der Waals surface area contributed by atoms with Gasteiger partial charge in [-0.3, -0.25) is 4.79 Å². The summed E-state index contributed by atoms with van der Waals surface area (Å²) >= 11 is 1.47. The number of halogens is 1. The minimum atomic E-state index is -3.86. The molecule has 4 rings (SSSR count). The summed E-state index contributed by atoms with van der Waals surface area (Å²) in [5, 5.41) is 9.29. The zero-order chi connectivity index (χ0) is 22.9. The summed E-state index contributed by atoms with van der Waals surface area (Å²) in [6, 6.07) is 11.3. The minimum Gasteiger partial charge on any atom is -0.480 e. The van der Waals surface area contributed by atoms with Crippen molar-refractivity contribution in [2.24, 2.45) is 0 Å². The van der Waals surface area contributed by atoms with E-state index in [1.807, 2.05) is 0 Å². The second-order valence-corrected chi connectivity index (χ2v) is 10.3. The predicted octanol–water partition coefficient (Wildman–Crippen LogP) is 4.32. The van der Waals surface area contributed by atoms with Crippen molar-refractivity contribution < 1.29 is 27.1 Å². The smallest absolute Gasteiger partial charge is 0.322 e. The van der Waals surface area contributed by atoms with E-state index in [0.717, 1.165) is 14.9 Å². The molecule has 1 aliphatic heterocycles. The minimum absolute atomic E-state index is 0.0752. The van der Waals surface area contributed by atoms with Gasteiger partial charge in [-0.1, -0.05) is 0 Å². The Labute approximate surface area is 189 Å². The van der Waals surface area contributed by atoms with Crippen LogP contribution in [0.1, 0.15) is 24.3 Å². The van der Waals surface area contributed by atoms with Crippen LogP contribution in [0.2, 0.25) is 0 Å². The highest BCUT2D eigenvalue weighted by molar-refractivity contribution is 7.98. The summed E-state index contributed by atoms with van der Waals surface area (Å²) in [7, 11) is -3.86. The maximum absolute atomic E-state index is 13.1. The van der Waals surface area contributed by atoms with Gasteiger partial charge in [0, 0.05) is 22.8 Å². The van der Waals surface area contributed by atoms with Crippen LogP contribution >= 0.6 is 11.8 Å². The zero-order valence-electron chi connectivity index (χ0n) is 17.2. The molecule has 1 atom stereocenters. The Hall–Kier alpha value is -2.69. The van der Waals surface area contributed by atoms with Gasteiger partial charge in [-0.2, -0.15) is 4.31 Å². The first kappa shape index (κ1) is 22.5. The zero-order valence-corrected chi connectivity index (χ0v) is 18.8. The van der Waals surface area contributed by atoms with Crippen molar-refractivity contribution in [2.45, 2.75) is 41.4 Å². The van der Waals surface area contributed by atoms with Crippen LogP contribution in [0.15, 0.2) is 62.7 Å². The van der Waals surface area contributed by atoms with Crippen LogP contribution < -0.4 is 0 Å². The van der Waals surface area contributed by atoms with Crippen molar-refractivity contribution in [2.75, 3.05) is 6.54 Å². The van der Waals surface area contributed by atoms with Gasteiger partial charge in [-0.15, -0.1) is 11.8 Å². The van der Waals surface area contributed by atoms with Crippen molar-refractivity contribution >= 4 is 27.8 Å². The standard InChI is InChI=1S/C22H21FN2O5S2/c1-14-19(24-21(30-14)15-4-6-16(23)7-5-15)13-31-17-8-10-18(11-9-17)32(28,29)25-12-2-3-20(25)22(26)27/h4-11,20H,2-3,12-13H2,1H3,(H,26,27)/t20-/m1/s1. The normalized spacial score (nSPS) is 17.0. The number of carboxylic acid groups (broad SMARTS) is 1. The molecule has 0 aliphatic carbocycles. The van der Waals surface area contributed by atoms with E-state index in [-0.39, 0.29) is 17.3 Å². The van der Waals surface area contributed by atoms with Crippen LogP contribution in [-0.4, -0.2) is 41.4 Å². The van der Waals surface area contributed by atoms with Crippen molar-refractivity contribution in [3.05, 3.63) is 65.8 Å². The van der Waals surface area contributed by atoms with E-state index < -0.39 is 22.0 Å². The molecule has 1 N–H and O–H groups in total. The third kappa shape index (κ3) is 4.57. The van der Waals surface area contributed by atoms with Gasteiger partial charge in [0.1, 0.15) is 17.6 Å². The van der Waals surface area contributed by atoms with Crippen molar-refractivity contribution in [1.29, 1.82) is 0 Å². The molecule has 10 heteroatoms. The van der Waals surface area contributed by atoms with E-state index in [4.69, 9.17) is 4.42 Å². The van der Waals surface area contributed by atoms with Crippen LogP contribution in [0.25, 0.3) is 11.5 Å². The second-order valence-electron chi connectivity index (χ2n) is 7.40. The van der Waals surface area contributed by atoms with Crippen LogP contribution in [0.5, 0.6) is 0 Å². The SMILES string of the molecule is Cc1oc(-c2ccc(F)cc2)nc1CSc1ccc(S(=O)(=O)N2CCC[C@@H]2C(=O)O)cc1. The fraction of sp³-hybridized carbons (Fsp3) is 0.273. The topological polar surface area (TPSA) is 101 Å². The summed E-state index contributed by atoms with van der Waals surface area (Å²) in [6.07, 6.45) is 0.848. The van der Waals surface area contributed by atoms with Crippen LogP contribution in [-0.2, 0) is 20.6 Å². The molecule has 1 saturated heterocycles. The van der Waals surface area contributed by atoms with Gasteiger partial charge in [-0.25, -0.2) is 17.8 Å². The summed E-state index contributed by atoms with van der Waals surface area (Å²) in [4.78, 5) is 16.8. The summed E-state index contributed by atoms with van der Waals surface area (Å²) < 4.78 is 45.6. The van der Waals surface area contributed by atoms with Crippen molar-refractivity contribution in [1.82, 2.24) is 9.29 Å². The summed E-state index contributed by atoms with van der Waals surface area (Å²) in [5.74, 6) is 0.126. The van der Waals surface area contributed by atoms with E-state index in [9.17, 15) is 22.7 Å². The first-order valence-corrected chi connectivity index (χ1v) is 12.4. The van der Waals surface area contributed by atoms with Gasteiger partial charge in [-0.05, 0) is 68.3 Å². The third-order valence-corrected chi connectivity index (χ3v) is 8.22. The van der Waals surface area contributed by atoms with Gasteiger partial charge in [0.2, 0.25) is 15.9 Å². The summed E-state index contributed by atoms with van der Waals surface area (Å²) in [5.41, 5.74) is 1.43. The largest absolute Gasteiger partial charge is 0.480 e. The fourth-order valence-corrected chi connectivity index (χ4v) is 6.10. The molecule has 0 bridgehead atoms. The molecule has 7 nitrogen and oxygen atoms in total. The molecule has 1 fully saturated rings. The molecule has 0 radical (unpaired) electrons. The number of hydrogen-bond donors (Lipinski definition) is 1. The molecule has 168 valence electrons. The number of hydrogen-bond acceptors (Lipinski definition) is 6. The van der Waals surface area contributed by atoms with Gasteiger partial charge in [0.15, 0.2) is 0 Å². The summed E-state index contributed by atoms with van der Waals surface area (Å²) in [6.45, 7) is 2.01. The van der Waals surface area contributed by atoms with Crippen LogP contribution in [0.4, 0.5) is 4.39 Å². The molecule has 1 aliphatic rings. The lowest BCUT2D eigenvalue weighted by atomic mass is 10.2. The van der Waals surface area contributed by atoms with Crippen LogP contribution in [0, 0.1) is 12.7 Å². The van der Waals surface area contributed by atoms with E-state index in [1.54, 1.807) is 31.2 Å². The van der Waals surface area contributed by atoms with Gasteiger partial charge in [0.25, 0.3) is 0 Å². The Balaban J connectivity index is 1.45. The van der Waals surface area contributed by atoms with Gasteiger partial charge < -0.3 is 9.52 Å². The average Bonchev–Trinajstić information content (AvgIpc) is 3.41. The van der Waals surface area contributed by atoms with E-state index >= 15 is 0 Å². The molecule has 1 aromatic heterocycles. The van der Waals surface area contributed by atoms with Crippen molar-refractivity contribution in [3.63, 3.8) is 0 Å². The highest BCUT2D eigenvalue weighted by atomic mass is 32.2. The van der Waals surface area contributed by atoms with Crippen LogP contribution in [0.3, 0.4) is 0 Å². The highest BCUT2D eigenvalue weighted by Gasteiger charge is 2.39. The lowest BCUT2D eigenvalue weighted by Gasteiger charge is -2.21. The number of sulfonamides is 1. The molecule has 0 amide bonds. The van der Waals surface area contributed by atoms with E-state index in [2.05, 4.69) is 4.98 Å². The Morgan fingerprint density at radius 2 is 1.91 bits per heavy atom. The number of aromatic nitrogens is 1. The van der Waals surface area contributed by atoms with Crippen molar-refractivity contribution in [3.8, 4) is 11.5 Å². The highest BCUT2D eigenvalue weighted by Crippen LogP contribution is 2.30. The molecule has 0 spiro atoms. The number of oxazole rings is 1. The molecule has 3 aromatic rings. The molecule has 0 unspecified atom stereocenters. The number of carboxylic acids is 1. The molecule has 2 aromatic carbocycles.